The Hall–Kier alpha value is -3.42. The van der Waals surface area contributed by atoms with Crippen molar-refractivity contribution in [2.24, 2.45) is 10.4 Å². The van der Waals surface area contributed by atoms with Crippen LogP contribution in [0, 0.1) is 18.2 Å². The van der Waals surface area contributed by atoms with E-state index in [-0.39, 0.29) is 41.6 Å². The number of halogens is 4. The smallest absolute Gasteiger partial charge is 0.338 e. The molecule has 2 fully saturated rings. The molecule has 0 spiro atoms. The fourth-order valence-corrected chi connectivity index (χ4v) is 6.35. The monoisotopic (exact) mass is 623 g/mol. The number of alkyl halides is 2. The molecule has 2 saturated heterocycles. The fraction of sp³-hybridized carbons (Fsp3) is 0.517. The van der Waals surface area contributed by atoms with Gasteiger partial charge in [0.2, 0.25) is 0 Å². The number of ether oxygens (including phenoxy) is 1. The SMILES string of the molecule is COC(=O)C1=C(CN2CC(F)(F)C3C2CCN3CCC(C)(C)C(=O)O)NC(c2ncoc2C)=NC1c1ccc(F)cc1Cl. The number of carbonyl (C=O) groups is 2. The Labute approximate surface area is 251 Å². The van der Waals surface area contributed by atoms with Crippen LogP contribution < -0.4 is 5.32 Å². The first-order valence-electron chi connectivity index (χ1n) is 13.8. The third-order valence-corrected chi connectivity index (χ3v) is 8.83. The largest absolute Gasteiger partial charge is 0.481 e. The molecule has 2 N–H and O–H groups in total. The number of carboxylic acid groups (broad SMARTS) is 1. The quantitative estimate of drug-likeness (QED) is 0.396. The fourth-order valence-electron chi connectivity index (χ4n) is 6.08. The minimum absolute atomic E-state index is 0.0242. The second-order valence-electron chi connectivity index (χ2n) is 11.8. The van der Waals surface area contributed by atoms with E-state index in [1.54, 1.807) is 30.6 Å². The van der Waals surface area contributed by atoms with Crippen molar-refractivity contribution in [3.05, 3.63) is 63.7 Å². The van der Waals surface area contributed by atoms with Gasteiger partial charge in [0.1, 0.15) is 23.3 Å². The lowest BCUT2D eigenvalue weighted by Gasteiger charge is -2.31. The lowest BCUT2D eigenvalue weighted by Crippen LogP contribution is -2.46. The van der Waals surface area contributed by atoms with Crippen LogP contribution >= 0.6 is 11.6 Å². The van der Waals surface area contributed by atoms with Gasteiger partial charge >= 0.3 is 11.9 Å². The van der Waals surface area contributed by atoms with E-state index >= 15 is 8.78 Å². The molecule has 2 aromatic rings. The van der Waals surface area contributed by atoms with E-state index < -0.39 is 53.8 Å². The number of carbonyl (C=O) groups excluding carboxylic acids is 1. The summed E-state index contributed by atoms with van der Waals surface area (Å²) >= 11 is 6.42. The van der Waals surface area contributed by atoms with Crippen molar-refractivity contribution in [3.8, 4) is 0 Å². The number of hydrogen-bond donors (Lipinski definition) is 2. The van der Waals surface area contributed by atoms with E-state index in [9.17, 15) is 19.1 Å². The average molecular weight is 624 g/mol. The summed E-state index contributed by atoms with van der Waals surface area (Å²) in [6.45, 7) is 4.78. The third kappa shape index (κ3) is 5.89. The number of aliphatic carboxylic acids is 1. The van der Waals surface area contributed by atoms with Crippen LogP contribution in [0.5, 0.6) is 0 Å². The maximum absolute atomic E-state index is 15.6. The predicted molar refractivity (Wildman–Crippen MR) is 150 cm³/mol. The van der Waals surface area contributed by atoms with Crippen LogP contribution in [0.4, 0.5) is 13.2 Å². The first-order chi connectivity index (χ1) is 20.2. The van der Waals surface area contributed by atoms with Crippen LogP contribution in [0.15, 0.2) is 45.3 Å². The molecule has 232 valence electrons. The van der Waals surface area contributed by atoms with Crippen LogP contribution in [0.2, 0.25) is 5.02 Å². The Morgan fingerprint density at radius 2 is 2.05 bits per heavy atom. The number of amidine groups is 1. The molecule has 0 bridgehead atoms. The zero-order chi connectivity index (χ0) is 31.3. The number of methoxy groups -OCH3 is 1. The van der Waals surface area contributed by atoms with E-state index in [4.69, 9.17) is 20.8 Å². The number of esters is 1. The van der Waals surface area contributed by atoms with E-state index in [1.807, 2.05) is 0 Å². The Balaban J connectivity index is 1.51. The minimum atomic E-state index is -3.09. The zero-order valence-corrected chi connectivity index (χ0v) is 24.9. The number of benzene rings is 1. The number of oxazole rings is 1. The summed E-state index contributed by atoms with van der Waals surface area (Å²) in [5, 5.41) is 12.6. The molecular formula is C29H33ClF3N5O5. The van der Waals surface area contributed by atoms with E-state index in [2.05, 4.69) is 15.3 Å². The van der Waals surface area contributed by atoms with Crippen LogP contribution in [0.1, 0.15) is 49.7 Å². The highest BCUT2D eigenvalue weighted by Crippen LogP contribution is 2.43. The molecule has 3 aliphatic rings. The summed E-state index contributed by atoms with van der Waals surface area (Å²) in [5.41, 5.74) is -0.0673. The average Bonchev–Trinajstić information content (AvgIpc) is 3.63. The second kappa shape index (κ2) is 11.6. The molecule has 0 aliphatic carbocycles. The van der Waals surface area contributed by atoms with E-state index in [1.165, 1.54) is 25.6 Å². The van der Waals surface area contributed by atoms with Gasteiger partial charge in [-0.05, 0) is 52.3 Å². The Morgan fingerprint density at radius 1 is 1.30 bits per heavy atom. The van der Waals surface area contributed by atoms with E-state index in [0.717, 1.165) is 6.07 Å². The number of likely N-dealkylation sites (tertiary alicyclic amines) is 2. The number of aryl methyl sites for hydroxylation is 1. The van der Waals surface area contributed by atoms with Gasteiger partial charge in [-0.15, -0.1) is 0 Å². The zero-order valence-electron chi connectivity index (χ0n) is 24.2. The van der Waals surface area contributed by atoms with Crippen molar-refractivity contribution < 1.29 is 37.0 Å². The molecule has 4 heterocycles. The normalized spacial score (nSPS) is 24.1. The van der Waals surface area contributed by atoms with Gasteiger partial charge in [0.15, 0.2) is 12.2 Å². The minimum Gasteiger partial charge on any atom is -0.481 e. The first-order valence-corrected chi connectivity index (χ1v) is 14.2. The summed E-state index contributed by atoms with van der Waals surface area (Å²) in [5.74, 6) is -4.74. The number of aromatic nitrogens is 1. The molecule has 0 radical (unpaired) electrons. The van der Waals surface area contributed by atoms with Crippen molar-refractivity contribution in [1.29, 1.82) is 0 Å². The van der Waals surface area contributed by atoms with Gasteiger partial charge in [-0.3, -0.25) is 19.6 Å². The van der Waals surface area contributed by atoms with Gasteiger partial charge in [-0.25, -0.2) is 22.9 Å². The standard InChI is InChI=1S/C29H33ClF3N5O5/c1-15-22(34-14-43-15)25-35-19(21(26(39)42-4)23(36-25)17-6-5-16(31)11-18(17)30)12-38-13-29(32,33)24-20(38)7-9-37(24)10-8-28(2,3)27(40)41/h5-6,11,14,20,23-24H,7-10,12-13H2,1-4H3,(H,35,36)(H,40,41). The lowest BCUT2D eigenvalue weighted by molar-refractivity contribution is -0.147. The first kappa shape index (κ1) is 31.0. The summed E-state index contributed by atoms with van der Waals surface area (Å²) in [6, 6.07) is 0.988. The van der Waals surface area contributed by atoms with Gasteiger partial charge in [-0.1, -0.05) is 17.7 Å². The van der Waals surface area contributed by atoms with Crippen LogP contribution in [-0.2, 0) is 14.3 Å². The molecule has 0 saturated carbocycles. The van der Waals surface area contributed by atoms with Crippen molar-refractivity contribution >= 4 is 29.4 Å². The Morgan fingerprint density at radius 3 is 2.67 bits per heavy atom. The van der Waals surface area contributed by atoms with Gasteiger partial charge in [0, 0.05) is 35.4 Å². The molecule has 5 rings (SSSR count). The van der Waals surface area contributed by atoms with Gasteiger partial charge in [-0.2, -0.15) is 0 Å². The molecule has 10 nitrogen and oxygen atoms in total. The second-order valence-corrected chi connectivity index (χ2v) is 12.2. The van der Waals surface area contributed by atoms with Crippen LogP contribution in [0.25, 0.3) is 0 Å². The van der Waals surface area contributed by atoms with E-state index in [0.29, 0.717) is 30.0 Å². The Kier molecular flexibility index (Phi) is 8.36. The van der Waals surface area contributed by atoms with Crippen molar-refractivity contribution in [2.75, 3.05) is 33.3 Å². The van der Waals surface area contributed by atoms with Gasteiger partial charge in [0.25, 0.3) is 5.92 Å². The maximum Gasteiger partial charge on any atom is 0.338 e. The number of carboxylic acids is 1. The molecule has 1 aromatic carbocycles. The van der Waals surface area contributed by atoms with Crippen molar-refractivity contribution in [1.82, 2.24) is 20.1 Å². The predicted octanol–water partition coefficient (Wildman–Crippen LogP) is 4.19. The van der Waals surface area contributed by atoms with Crippen LogP contribution in [0.3, 0.4) is 0 Å². The summed E-state index contributed by atoms with van der Waals surface area (Å²) < 4.78 is 55.6. The molecule has 3 atom stereocenters. The number of aliphatic imine (C=N–C) groups is 1. The number of rotatable bonds is 9. The Bertz CT molecular complexity index is 1490. The molecule has 3 unspecified atom stereocenters. The molecule has 3 aliphatic heterocycles. The number of hydrogen-bond acceptors (Lipinski definition) is 9. The highest BCUT2D eigenvalue weighted by atomic mass is 35.5. The summed E-state index contributed by atoms with van der Waals surface area (Å²) in [7, 11) is 1.20. The number of nitrogens with zero attached hydrogens (tertiary/aromatic N) is 4. The summed E-state index contributed by atoms with van der Waals surface area (Å²) in [4.78, 5) is 37.1. The van der Waals surface area contributed by atoms with Crippen molar-refractivity contribution in [2.45, 2.75) is 57.7 Å². The lowest BCUT2D eigenvalue weighted by atomic mass is 9.89. The summed E-state index contributed by atoms with van der Waals surface area (Å²) in [6.07, 6.45) is 1.89. The molecular weight excluding hydrogens is 591 g/mol. The number of fused-ring (bicyclic) bond motifs is 1. The van der Waals surface area contributed by atoms with Crippen LogP contribution in [-0.4, -0.2) is 89.0 Å². The molecule has 14 heteroatoms. The molecule has 1 aromatic heterocycles. The highest BCUT2D eigenvalue weighted by molar-refractivity contribution is 6.31. The maximum atomic E-state index is 15.6. The molecule has 0 amide bonds. The number of nitrogens with one attached hydrogen (secondary N) is 1. The topological polar surface area (TPSA) is 120 Å². The van der Waals surface area contributed by atoms with Gasteiger partial charge in [0.05, 0.1) is 30.7 Å². The van der Waals surface area contributed by atoms with Gasteiger partial charge < -0.3 is 19.6 Å². The highest BCUT2D eigenvalue weighted by Gasteiger charge is 2.59. The third-order valence-electron chi connectivity index (χ3n) is 8.51. The van der Waals surface area contributed by atoms with Crippen molar-refractivity contribution in [3.63, 3.8) is 0 Å². The molecule has 43 heavy (non-hydrogen) atoms.